The summed E-state index contributed by atoms with van der Waals surface area (Å²) in [6.45, 7) is 1.94. The number of fused-ring (bicyclic) bond motifs is 1. The Morgan fingerprint density at radius 3 is 2.65 bits per heavy atom. The lowest BCUT2D eigenvalue weighted by Gasteiger charge is -2.37. The summed E-state index contributed by atoms with van der Waals surface area (Å²) in [5.41, 5.74) is 1.19. The van der Waals surface area contributed by atoms with E-state index in [0.717, 1.165) is 5.69 Å². The number of aliphatic hydroxyl groups excluding tert-OH is 1. The first-order valence-electron chi connectivity index (χ1n) is 6.27. The SMILES string of the molecule is CC12C=CC(O)=CC1=C(C#N)C(=N)N2c1ccccc1. The second-order valence-corrected chi connectivity index (χ2v) is 4.97. The Morgan fingerprint density at radius 1 is 1.30 bits per heavy atom. The van der Waals surface area contributed by atoms with Crippen LogP contribution in [0.2, 0.25) is 0 Å². The van der Waals surface area contributed by atoms with Crippen LogP contribution in [0.15, 0.2) is 65.5 Å². The third-order valence-corrected chi connectivity index (χ3v) is 3.74. The van der Waals surface area contributed by atoms with Crippen LogP contribution < -0.4 is 4.90 Å². The van der Waals surface area contributed by atoms with Gasteiger partial charge in [0.2, 0.25) is 0 Å². The van der Waals surface area contributed by atoms with Crippen LogP contribution in [0.4, 0.5) is 5.69 Å². The molecule has 0 fully saturated rings. The molecule has 2 aliphatic rings. The molecule has 0 radical (unpaired) electrons. The van der Waals surface area contributed by atoms with Crippen molar-refractivity contribution in [2.75, 3.05) is 4.90 Å². The summed E-state index contributed by atoms with van der Waals surface area (Å²) in [6.07, 6.45) is 4.99. The van der Waals surface area contributed by atoms with E-state index in [1.165, 1.54) is 0 Å². The molecular formula is C16H13N3O. The van der Waals surface area contributed by atoms with Crippen LogP contribution in [0.3, 0.4) is 0 Å². The van der Waals surface area contributed by atoms with Gasteiger partial charge in [-0.25, -0.2) is 0 Å². The van der Waals surface area contributed by atoms with Crippen molar-refractivity contribution in [3.05, 3.63) is 65.5 Å². The minimum Gasteiger partial charge on any atom is -0.508 e. The van der Waals surface area contributed by atoms with Crippen LogP contribution in [0.1, 0.15) is 6.92 Å². The predicted molar refractivity (Wildman–Crippen MR) is 77.5 cm³/mol. The molecular weight excluding hydrogens is 250 g/mol. The fourth-order valence-corrected chi connectivity index (χ4v) is 2.76. The van der Waals surface area contributed by atoms with Crippen molar-refractivity contribution in [2.45, 2.75) is 12.5 Å². The van der Waals surface area contributed by atoms with Gasteiger partial charge >= 0.3 is 0 Å². The standard InChI is InChI=1S/C16H13N3O/c1-16-8-7-12(20)9-14(16)13(10-17)15(18)19(16)11-5-3-2-4-6-11/h2-9,18,20H,1H3. The smallest absolute Gasteiger partial charge is 0.144 e. The van der Waals surface area contributed by atoms with Crippen molar-refractivity contribution in [1.29, 1.82) is 10.7 Å². The minimum absolute atomic E-state index is 0.105. The normalized spacial score (nSPS) is 24.5. The minimum atomic E-state index is -0.615. The van der Waals surface area contributed by atoms with Gasteiger partial charge in [-0.1, -0.05) is 24.3 Å². The number of nitrogens with one attached hydrogen (secondary N) is 1. The average Bonchev–Trinajstić information content (AvgIpc) is 2.66. The van der Waals surface area contributed by atoms with E-state index in [4.69, 9.17) is 5.41 Å². The number of benzene rings is 1. The molecule has 98 valence electrons. The van der Waals surface area contributed by atoms with E-state index in [1.807, 2.05) is 43.3 Å². The van der Waals surface area contributed by atoms with E-state index in [1.54, 1.807) is 17.1 Å². The molecule has 20 heavy (non-hydrogen) atoms. The zero-order chi connectivity index (χ0) is 14.3. The first-order chi connectivity index (χ1) is 9.58. The maximum absolute atomic E-state index is 9.67. The molecule has 0 amide bonds. The Labute approximate surface area is 117 Å². The van der Waals surface area contributed by atoms with Crippen LogP contribution in [-0.2, 0) is 0 Å². The number of nitrogens with zero attached hydrogens (tertiary/aromatic N) is 2. The number of rotatable bonds is 1. The van der Waals surface area contributed by atoms with Crippen LogP contribution >= 0.6 is 0 Å². The highest BCUT2D eigenvalue weighted by atomic mass is 16.3. The van der Waals surface area contributed by atoms with Gasteiger partial charge in [-0.05, 0) is 31.2 Å². The quantitative estimate of drug-likeness (QED) is 0.818. The summed E-state index contributed by atoms with van der Waals surface area (Å²) < 4.78 is 0. The fraction of sp³-hybridized carbons (Fsp3) is 0.125. The summed E-state index contributed by atoms with van der Waals surface area (Å²) in [6, 6.07) is 11.6. The number of anilines is 1. The highest BCUT2D eigenvalue weighted by Crippen LogP contribution is 2.43. The van der Waals surface area contributed by atoms with E-state index in [9.17, 15) is 10.4 Å². The Hall–Kier alpha value is -2.80. The average molecular weight is 263 g/mol. The molecule has 0 aromatic heterocycles. The van der Waals surface area contributed by atoms with Gasteiger partial charge in [-0.3, -0.25) is 5.41 Å². The lowest BCUT2D eigenvalue weighted by atomic mass is 9.86. The molecule has 4 heteroatoms. The molecule has 0 saturated carbocycles. The third kappa shape index (κ3) is 1.50. The summed E-state index contributed by atoms with van der Waals surface area (Å²) in [5.74, 6) is 0.264. The molecule has 1 aromatic carbocycles. The number of allylic oxidation sites excluding steroid dienone is 1. The van der Waals surface area contributed by atoms with Crippen LogP contribution in [0.25, 0.3) is 0 Å². The molecule has 1 aliphatic heterocycles. The topological polar surface area (TPSA) is 71.1 Å². The third-order valence-electron chi connectivity index (χ3n) is 3.74. The van der Waals surface area contributed by atoms with Crippen molar-refractivity contribution in [3.8, 4) is 6.07 Å². The number of hydrogen-bond acceptors (Lipinski definition) is 3. The predicted octanol–water partition coefficient (Wildman–Crippen LogP) is 3.07. The largest absolute Gasteiger partial charge is 0.508 e. The van der Waals surface area contributed by atoms with Gasteiger partial charge in [0.25, 0.3) is 0 Å². The Morgan fingerprint density at radius 2 is 2.00 bits per heavy atom. The number of aliphatic hydroxyl groups is 1. The van der Waals surface area contributed by atoms with Crippen LogP contribution in [0, 0.1) is 16.7 Å². The summed E-state index contributed by atoms with van der Waals surface area (Å²) in [4.78, 5) is 1.81. The summed E-state index contributed by atoms with van der Waals surface area (Å²) in [7, 11) is 0. The molecule has 0 bridgehead atoms. The van der Waals surface area contributed by atoms with Crippen molar-refractivity contribution >= 4 is 11.5 Å². The molecule has 1 atom stereocenters. The van der Waals surface area contributed by atoms with Crippen molar-refractivity contribution in [3.63, 3.8) is 0 Å². The van der Waals surface area contributed by atoms with Gasteiger partial charge in [0.1, 0.15) is 23.2 Å². The second-order valence-electron chi connectivity index (χ2n) is 4.97. The molecule has 1 aliphatic carbocycles. The van der Waals surface area contributed by atoms with Gasteiger partial charge in [0, 0.05) is 11.3 Å². The Balaban J connectivity index is 2.21. The number of para-hydroxylation sites is 1. The zero-order valence-corrected chi connectivity index (χ0v) is 11.0. The molecule has 2 N–H and O–H groups in total. The maximum atomic E-state index is 9.67. The van der Waals surface area contributed by atoms with Crippen molar-refractivity contribution in [2.24, 2.45) is 0 Å². The zero-order valence-electron chi connectivity index (χ0n) is 11.0. The second kappa shape index (κ2) is 4.10. The van der Waals surface area contributed by atoms with Gasteiger partial charge in [0.05, 0.1) is 5.54 Å². The van der Waals surface area contributed by atoms with E-state index in [-0.39, 0.29) is 11.6 Å². The molecule has 3 rings (SSSR count). The maximum Gasteiger partial charge on any atom is 0.144 e. The number of hydrogen-bond donors (Lipinski definition) is 2. The first kappa shape index (κ1) is 12.2. The highest BCUT2D eigenvalue weighted by Gasteiger charge is 2.46. The molecule has 1 unspecified atom stereocenters. The van der Waals surface area contributed by atoms with Crippen molar-refractivity contribution in [1.82, 2.24) is 0 Å². The highest BCUT2D eigenvalue weighted by molar-refractivity contribution is 6.16. The fourth-order valence-electron chi connectivity index (χ4n) is 2.76. The van der Waals surface area contributed by atoms with E-state index < -0.39 is 5.54 Å². The number of nitriles is 1. The lowest BCUT2D eigenvalue weighted by Crippen LogP contribution is -2.45. The van der Waals surface area contributed by atoms with E-state index in [2.05, 4.69) is 6.07 Å². The summed E-state index contributed by atoms with van der Waals surface area (Å²) >= 11 is 0. The molecule has 4 nitrogen and oxygen atoms in total. The van der Waals surface area contributed by atoms with E-state index >= 15 is 0 Å². The lowest BCUT2D eigenvalue weighted by molar-refractivity contribution is 0.427. The van der Waals surface area contributed by atoms with Crippen LogP contribution in [-0.4, -0.2) is 16.5 Å². The first-order valence-corrected chi connectivity index (χ1v) is 6.27. The Kier molecular flexibility index (Phi) is 2.51. The van der Waals surface area contributed by atoms with Gasteiger partial charge in [0.15, 0.2) is 0 Å². The van der Waals surface area contributed by atoms with Crippen molar-refractivity contribution < 1.29 is 5.11 Å². The molecule has 1 heterocycles. The van der Waals surface area contributed by atoms with Gasteiger partial charge in [-0.2, -0.15) is 5.26 Å². The molecule has 1 aromatic rings. The molecule has 0 saturated heterocycles. The molecule has 0 spiro atoms. The van der Waals surface area contributed by atoms with Gasteiger partial charge in [-0.15, -0.1) is 0 Å². The Bertz CT molecular complexity index is 722. The monoisotopic (exact) mass is 263 g/mol. The number of amidine groups is 1. The van der Waals surface area contributed by atoms with Gasteiger partial charge < -0.3 is 10.0 Å². The van der Waals surface area contributed by atoms with Crippen LogP contribution in [0.5, 0.6) is 0 Å². The summed E-state index contributed by atoms with van der Waals surface area (Å²) in [5, 5.41) is 27.3. The van der Waals surface area contributed by atoms with E-state index in [0.29, 0.717) is 11.1 Å².